The molecule has 5 heteroatoms. The summed E-state index contributed by atoms with van der Waals surface area (Å²) in [5.74, 6) is 2.29. The van der Waals surface area contributed by atoms with E-state index in [1.165, 1.54) is 5.69 Å². The number of carbonyl (C=O) groups excluding carboxylic acids is 1. The van der Waals surface area contributed by atoms with Crippen LogP contribution in [0.1, 0.15) is 12.0 Å². The summed E-state index contributed by atoms with van der Waals surface area (Å²) in [6, 6.07) is 7.90. The molecule has 4 rings (SSSR count). The first-order chi connectivity index (χ1) is 12.3. The number of carbonyl (C=O) groups is 1. The van der Waals surface area contributed by atoms with Gasteiger partial charge < -0.3 is 10.2 Å². The first kappa shape index (κ1) is 15.8. The minimum atomic E-state index is -0.0355. The molecule has 2 unspecified atom stereocenters. The number of hydrogen-bond donors (Lipinski definition) is 1. The maximum absolute atomic E-state index is 11.9. The number of nitrogens with one attached hydrogen (secondary N) is 1. The number of amides is 1. The number of fused-ring (bicyclic) bond motifs is 1. The van der Waals surface area contributed by atoms with E-state index in [0.29, 0.717) is 0 Å². The van der Waals surface area contributed by atoms with Crippen molar-refractivity contribution in [2.24, 2.45) is 17.8 Å². The summed E-state index contributed by atoms with van der Waals surface area (Å²) in [7, 11) is 0. The zero-order chi connectivity index (χ0) is 17.1. The van der Waals surface area contributed by atoms with Crippen molar-refractivity contribution in [3.63, 3.8) is 0 Å². The highest BCUT2D eigenvalue weighted by molar-refractivity contribution is 5.91. The zero-order valence-electron chi connectivity index (χ0n) is 14.1. The van der Waals surface area contributed by atoms with Gasteiger partial charge in [-0.2, -0.15) is 0 Å². The molecule has 1 N–H and O–H groups in total. The lowest BCUT2D eigenvalue weighted by Gasteiger charge is -2.21. The van der Waals surface area contributed by atoms with Gasteiger partial charge in [-0.15, -0.1) is 0 Å². The fourth-order valence-corrected chi connectivity index (χ4v) is 3.90. The molecule has 3 heterocycles. The lowest BCUT2D eigenvalue weighted by atomic mass is 10.2. The van der Waals surface area contributed by atoms with Crippen LogP contribution in [0.4, 0.5) is 5.69 Å². The third kappa shape index (κ3) is 3.71. The van der Waals surface area contributed by atoms with Crippen LogP contribution in [-0.4, -0.2) is 35.5 Å². The van der Waals surface area contributed by atoms with Crippen molar-refractivity contribution >= 4 is 17.7 Å². The molecule has 128 valence electrons. The summed E-state index contributed by atoms with van der Waals surface area (Å²) in [6.07, 6.45) is 11.7. The van der Waals surface area contributed by atoms with E-state index < -0.39 is 0 Å². The number of anilines is 1. The van der Waals surface area contributed by atoms with Gasteiger partial charge >= 0.3 is 0 Å². The molecule has 0 aromatic carbocycles. The minimum absolute atomic E-state index is 0.0355. The Hall–Kier alpha value is -2.69. The van der Waals surface area contributed by atoms with Crippen LogP contribution in [0.3, 0.4) is 0 Å². The first-order valence-corrected chi connectivity index (χ1v) is 8.82. The fraction of sp³-hybridized carbons (Fsp3) is 0.350. The van der Waals surface area contributed by atoms with E-state index in [4.69, 9.17) is 0 Å². The van der Waals surface area contributed by atoms with Gasteiger partial charge in [0, 0.05) is 44.3 Å². The second-order valence-electron chi connectivity index (χ2n) is 6.81. The van der Waals surface area contributed by atoms with Crippen LogP contribution in [0.5, 0.6) is 0 Å². The Labute approximate surface area is 147 Å². The lowest BCUT2D eigenvalue weighted by molar-refractivity contribution is -0.116. The van der Waals surface area contributed by atoms with Crippen LogP contribution in [0.15, 0.2) is 55.1 Å². The van der Waals surface area contributed by atoms with Gasteiger partial charge in [0.2, 0.25) is 5.91 Å². The topological polar surface area (TPSA) is 58.1 Å². The summed E-state index contributed by atoms with van der Waals surface area (Å²) < 4.78 is 0. The van der Waals surface area contributed by atoms with Crippen molar-refractivity contribution in [1.82, 2.24) is 15.3 Å². The molecule has 2 aliphatic rings. The predicted octanol–water partition coefficient (Wildman–Crippen LogP) is 2.38. The second-order valence-corrected chi connectivity index (χ2v) is 6.81. The van der Waals surface area contributed by atoms with Gasteiger partial charge in [0.25, 0.3) is 0 Å². The maximum atomic E-state index is 11.9. The average Bonchev–Trinajstić information content (AvgIpc) is 3.11. The van der Waals surface area contributed by atoms with E-state index in [9.17, 15) is 4.79 Å². The number of aromatic nitrogens is 2. The summed E-state index contributed by atoms with van der Waals surface area (Å²) in [4.78, 5) is 22.5. The number of nitrogens with zero attached hydrogens (tertiary/aromatic N) is 3. The molecule has 2 fully saturated rings. The van der Waals surface area contributed by atoms with Crippen LogP contribution >= 0.6 is 0 Å². The molecule has 1 aliphatic carbocycles. The SMILES string of the molecule is O=C(/C=C/c1cccnc1)NCCC1C2CN(c3cccnc3)CC12. The van der Waals surface area contributed by atoms with E-state index in [1.807, 2.05) is 30.6 Å². The molecule has 0 radical (unpaired) electrons. The van der Waals surface area contributed by atoms with Crippen LogP contribution in [0.25, 0.3) is 6.08 Å². The molecule has 1 saturated carbocycles. The molecular formula is C20H22N4O. The van der Waals surface area contributed by atoms with E-state index in [0.717, 1.165) is 49.4 Å². The van der Waals surface area contributed by atoms with Crippen molar-refractivity contribution < 1.29 is 4.79 Å². The van der Waals surface area contributed by atoms with Crippen LogP contribution in [0, 0.1) is 17.8 Å². The van der Waals surface area contributed by atoms with Crippen LogP contribution in [0.2, 0.25) is 0 Å². The standard InChI is InChI=1S/C20H22N4O/c25-20(6-5-15-3-1-8-21-11-15)23-10-7-17-18-13-24(14-19(17)18)16-4-2-9-22-12-16/h1-6,8-9,11-12,17-19H,7,10,13-14H2,(H,23,25)/b6-5+. The molecule has 2 atom stereocenters. The summed E-state index contributed by atoms with van der Waals surface area (Å²) in [5.41, 5.74) is 2.16. The molecule has 25 heavy (non-hydrogen) atoms. The number of rotatable bonds is 6. The third-order valence-electron chi connectivity index (χ3n) is 5.27. The summed E-state index contributed by atoms with van der Waals surface area (Å²) >= 11 is 0. The summed E-state index contributed by atoms with van der Waals surface area (Å²) in [6.45, 7) is 2.99. The van der Waals surface area contributed by atoms with Crippen molar-refractivity contribution in [3.8, 4) is 0 Å². The van der Waals surface area contributed by atoms with E-state index in [1.54, 1.807) is 24.5 Å². The Balaban J connectivity index is 1.17. The van der Waals surface area contributed by atoms with Gasteiger partial charge in [0.1, 0.15) is 0 Å². The Morgan fingerprint density at radius 2 is 1.92 bits per heavy atom. The van der Waals surface area contributed by atoms with Gasteiger partial charge in [0.05, 0.1) is 11.9 Å². The molecule has 2 aromatic heterocycles. The minimum Gasteiger partial charge on any atom is -0.370 e. The first-order valence-electron chi connectivity index (χ1n) is 8.82. The van der Waals surface area contributed by atoms with Crippen molar-refractivity contribution in [2.45, 2.75) is 6.42 Å². The molecule has 1 amide bonds. The van der Waals surface area contributed by atoms with E-state index in [2.05, 4.69) is 26.3 Å². The molecule has 2 aromatic rings. The van der Waals surface area contributed by atoms with Gasteiger partial charge in [-0.1, -0.05) is 6.07 Å². The number of pyridine rings is 2. The van der Waals surface area contributed by atoms with Gasteiger partial charge in [-0.05, 0) is 54.0 Å². The fourth-order valence-electron chi connectivity index (χ4n) is 3.90. The smallest absolute Gasteiger partial charge is 0.244 e. The predicted molar refractivity (Wildman–Crippen MR) is 97.8 cm³/mol. The Kier molecular flexibility index (Phi) is 4.46. The Bertz CT molecular complexity index is 735. The summed E-state index contributed by atoms with van der Waals surface area (Å²) in [5, 5.41) is 2.99. The molecule has 1 saturated heterocycles. The molecule has 0 bridgehead atoms. The van der Waals surface area contributed by atoms with Crippen molar-refractivity contribution in [3.05, 3.63) is 60.7 Å². The van der Waals surface area contributed by atoms with Gasteiger partial charge in [0.15, 0.2) is 0 Å². The highest BCUT2D eigenvalue weighted by Gasteiger charge is 2.54. The number of piperidine rings is 1. The number of hydrogen-bond acceptors (Lipinski definition) is 4. The molecule has 1 aliphatic heterocycles. The van der Waals surface area contributed by atoms with Crippen LogP contribution < -0.4 is 10.2 Å². The van der Waals surface area contributed by atoms with Gasteiger partial charge in [-0.25, -0.2) is 0 Å². The quantitative estimate of drug-likeness (QED) is 0.824. The van der Waals surface area contributed by atoms with Gasteiger partial charge in [-0.3, -0.25) is 14.8 Å². The van der Waals surface area contributed by atoms with E-state index in [-0.39, 0.29) is 5.91 Å². The molecule has 5 nitrogen and oxygen atoms in total. The highest BCUT2D eigenvalue weighted by atomic mass is 16.1. The van der Waals surface area contributed by atoms with Crippen molar-refractivity contribution in [1.29, 1.82) is 0 Å². The van der Waals surface area contributed by atoms with E-state index >= 15 is 0 Å². The largest absolute Gasteiger partial charge is 0.370 e. The Morgan fingerprint density at radius 3 is 2.60 bits per heavy atom. The third-order valence-corrected chi connectivity index (χ3v) is 5.27. The normalized spacial score (nSPS) is 24.3. The average molecular weight is 334 g/mol. The molecule has 0 spiro atoms. The second kappa shape index (κ2) is 7.05. The Morgan fingerprint density at radius 1 is 1.16 bits per heavy atom. The monoisotopic (exact) mass is 334 g/mol. The highest BCUT2D eigenvalue weighted by Crippen LogP contribution is 2.54. The zero-order valence-corrected chi connectivity index (χ0v) is 14.1. The van der Waals surface area contributed by atoms with Crippen molar-refractivity contribution in [2.75, 3.05) is 24.5 Å². The maximum Gasteiger partial charge on any atom is 0.244 e. The lowest BCUT2D eigenvalue weighted by Crippen LogP contribution is -2.26. The molecular weight excluding hydrogens is 312 g/mol. The van der Waals surface area contributed by atoms with Crippen LogP contribution in [-0.2, 0) is 4.79 Å².